The summed E-state index contributed by atoms with van der Waals surface area (Å²) in [5.41, 5.74) is 3.25. The zero-order valence-corrected chi connectivity index (χ0v) is 31.7. The standard InChI is InChI=1S/C50H35NOP2.H2O/c52-54(44-25-9-3-10-26-44,45-27-11-4-12-28-45)46-34-40(33-43(35-46)53(41-21-5-1-6-22-41)42-23-7-2-8-24-42)51-49-31-38-19-15-13-17-36(38)29-47(49)48-30-37-18-14-16-20-39(37)32-50(48)51;/h1-35H;1H2. The van der Waals surface area contributed by atoms with Crippen LogP contribution in [0.15, 0.2) is 212 Å². The van der Waals surface area contributed by atoms with Crippen molar-refractivity contribution in [1.29, 1.82) is 0 Å². The largest absolute Gasteiger partial charge is 0.412 e. The Morgan fingerprint density at radius 1 is 0.364 bits per heavy atom. The third-order valence-electron chi connectivity index (χ3n) is 10.5. The molecule has 0 saturated heterocycles. The molecule has 0 radical (unpaired) electrons. The van der Waals surface area contributed by atoms with E-state index in [2.05, 4.69) is 156 Å². The van der Waals surface area contributed by atoms with Crippen LogP contribution in [0.5, 0.6) is 0 Å². The zero-order valence-electron chi connectivity index (χ0n) is 30.0. The Morgan fingerprint density at radius 3 is 1.18 bits per heavy atom. The molecule has 9 aromatic carbocycles. The highest BCUT2D eigenvalue weighted by Crippen LogP contribution is 2.45. The van der Waals surface area contributed by atoms with Crippen molar-refractivity contribution in [2.75, 3.05) is 0 Å². The monoisotopic (exact) mass is 745 g/mol. The van der Waals surface area contributed by atoms with E-state index in [0.717, 1.165) is 37.9 Å². The first-order valence-electron chi connectivity index (χ1n) is 18.3. The van der Waals surface area contributed by atoms with Gasteiger partial charge in [0, 0.05) is 32.4 Å². The zero-order chi connectivity index (χ0) is 36.1. The first kappa shape index (κ1) is 34.7. The van der Waals surface area contributed by atoms with Gasteiger partial charge in [0.2, 0.25) is 0 Å². The summed E-state index contributed by atoms with van der Waals surface area (Å²) in [6, 6.07) is 75.0. The molecular formula is C50H37NO2P2. The Morgan fingerprint density at radius 2 is 0.745 bits per heavy atom. The van der Waals surface area contributed by atoms with Gasteiger partial charge in [0.25, 0.3) is 0 Å². The van der Waals surface area contributed by atoms with Gasteiger partial charge in [0.1, 0.15) is 0 Å². The number of benzene rings is 9. The SMILES string of the molecule is O.O=P(c1ccccc1)(c1ccccc1)c1cc(-n2c3cc4ccccc4cc3c3cc4ccccc4cc32)cc(P(c2ccccc2)c2ccccc2)c1. The van der Waals surface area contributed by atoms with Gasteiger partial charge in [-0.2, -0.15) is 0 Å². The van der Waals surface area contributed by atoms with Gasteiger partial charge in [-0.25, -0.2) is 0 Å². The number of hydrogen-bond donors (Lipinski definition) is 0. The average molecular weight is 746 g/mol. The number of fused-ring (bicyclic) bond motifs is 5. The second kappa shape index (κ2) is 14.3. The van der Waals surface area contributed by atoms with E-state index in [0.29, 0.717) is 0 Å². The van der Waals surface area contributed by atoms with Crippen LogP contribution in [0.1, 0.15) is 0 Å². The minimum absolute atomic E-state index is 0. The maximum atomic E-state index is 16.3. The van der Waals surface area contributed by atoms with Gasteiger partial charge >= 0.3 is 0 Å². The lowest BCUT2D eigenvalue weighted by atomic mass is 10.0. The summed E-state index contributed by atoms with van der Waals surface area (Å²) in [6.07, 6.45) is 0. The van der Waals surface area contributed by atoms with Crippen LogP contribution in [0.25, 0.3) is 49.0 Å². The molecule has 0 aliphatic carbocycles. The third kappa shape index (κ3) is 5.99. The van der Waals surface area contributed by atoms with Gasteiger partial charge in [0.05, 0.1) is 11.0 Å². The van der Waals surface area contributed by atoms with Gasteiger partial charge in [-0.1, -0.05) is 170 Å². The topological polar surface area (TPSA) is 53.5 Å². The fourth-order valence-corrected chi connectivity index (χ4v) is 13.2. The van der Waals surface area contributed by atoms with Crippen molar-refractivity contribution in [3.63, 3.8) is 0 Å². The Balaban J connectivity index is 0.00000397. The van der Waals surface area contributed by atoms with Crippen LogP contribution in [-0.4, -0.2) is 10.0 Å². The van der Waals surface area contributed by atoms with Crippen LogP contribution in [-0.2, 0) is 4.57 Å². The molecule has 264 valence electrons. The van der Waals surface area contributed by atoms with Crippen LogP contribution >= 0.6 is 15.1 Å². The molecule has 0 fully saturated rings. The minimum atomic E-state index is -3.36. The first-order chi connectivity index (χ1) is 26.6. The molecule has 0 aliphatic rings. The number of hydrogen-bond acceptors (Lipinski definition) is 1. The van der Waals surface area contributed by atoms with E-state index < -0.39 is 15.1 Å². The molecule has 3 nitrogen and oxygen atoms in total. The van der Waals surface area contributed by atoms with Gasteiger partial charge in [-0.05, 0) is 87.8 Å². The van der Waals surface area contributed by atoms with Gasteiger partial charge in [-0.15, -0.1) is 0 Å². The normalized spacial score (nSPS) is 11.7. The van der Waals surface area contributed by atoms with Crippen molar-refractivity contribution < 1.29 is 10.0 Å². The van der Waals surface area contributed by atoms with E-state index >= 15 is 4.57 Å². The lowest BCUT2D eigenvalue weighted by Crippen LogP contribution is -2.29. The van der Waals surface area contributed by atoms with Crippen molar-refractivity contribution in [3.05, 3.63) is 212 Å². The second-order valence-corrected chi connectivity index (χ2v) is 18.8. The summed E-state index contributed by atoms with van der Waals surface area (Å²) in [6.45, 7) is 0. The van der Waals surface area contributed by atoms with E-state index in [1.54, 1.807) is 0 Å². The molecule has 0 spiro atoms. The summed E-state index contributed by atoms with van der Waals surface area (Å²) in [5.74, 6) is 0. The summed E-state index contributed by atoms with van der Waals surface area (Å²) in [7, 11) is -4.37. The van der Waals surface area contributed by atoms with Gasteiger partial charge < -0.3 is 14.6 Å². The van der Waals surface area contributed by atoms with E-state index in [1.165, 1.54) is 42.9 Å². The predicted octanol–water partition coefficient (Wildman–Crippen LogP) is 9.66. The van der Waals surface area contributed by atoms with Crippen LogP contribution in [0.3, 0.4) is 0 Å². The molecule has 2 N–H and O–H groups in total. The third-order valence-corrected chi connectivity index (χ3v) is 16.0. The Labute approximate surface area is 321 Å². The van der Waals surface area contributed by atoms with E-state index in [1.807, 2.05) is 60.7 Å². The maximum Gasteiger partial charge on any atom is 0.171 e. The summed E-state index contributed by atoms with van der Waals surface area (Å²) in [4.78, 5) is 0. The first-order valence-corrected chi connectivity index (χ1v) is 21.3. The van der Waals surface area contributed by atoms with Crippen molar-refractivity contribution in [1.82, 2.24) is 4.57 Å². The number of rotatable bonds is 7. The van der Waals surface area contributed by atoms with Gasteiger partial charge in [-0.3, -0.25) is 0 Å². The average Bonchev–Trinajstić information content (AvgIpc) is 3.54. The van der Waals surface area contributed by atoms with Crippen LogP contribution in [0.2, 0.25) is 0 Å². The highest BCUT2D eigenvalue weighted by molar-refractivity contribution is 7.85. The second-order valence-electron chi connectivity index (χ2n) is 13.8. The molecule has 0 unspecified atom stereocenters. The molecule has 10 aromatic rings. The minimum Gasteiger partial charge on any atom is -0.412 e. The molecule has 1 aromatic heterocycles. The fourth-order valence-electron chi connectivity index (χ4n) is 8.01. The molecule has 10 rings (SSSR count). The lowest BCUT2D eigenvalue weighted by Gasteiger charge is -2.25. The Bertz CT molecular complexity index is 2840. The van der Waals surface area contributed by atoms with Gasteiger partial charge in [0.15, 0.2) is 7.14 Å². The molecule has 0 amide bonds. The van der Waals surface area contributed by atoms with Crippen molar-refractivity contribution in [2.24, 2.45) is 0 Å². The van der Waals surface area contributed by atoms with Crippen LogP contribution < -0.4 is 31.8 Å². The number of aromatic nitrogens is 1. The summed E-state index contributed by atoms with van der Waals surface area (Å²) >= 11 is 0. The number of nitrogens with zero attached hydrogens (tertiary/aromatic N) is 1. The molecule has 0 aliphatic heterocycles. The molecule has 0 atom stereocenters. The Hall–Kier alpha value is -6.08. The molecule has 0 saturated carbocycles. The summed E-state index contributed by atoms with van der Waals surface area (Å²) in [5, 5.41) is 13.3. The smallest absolute Gasteiger partial charge is 0.171 e. The highest BCUT2D eigenvalue weighted by Gasteiger charge is 2.32. The molecular weight excluding hydrogens is 709 g/mol. The van der Waals surface area contributed by atoms with E-state index in [9.17, 15) is 0 Å². The molecule has 55 heavy (non-hydrogen) atoms. The van der Waals surface area contributed by atoms with E-state index in [-0.39, 0.29) is 5.48 Å². The van der Waals surface area contributed by atoms with Crippen molar-refractivity contribution in [2.45, 2.75) is 0 Å². The lowest BCUT2D eigenvalue weighted by molar-refractivity contribution is 0.592. The van der Waals surface area contributed by atoms with Crippen molar-refractivity contribution in [3.8, 4) is 5.69 Å². The van der Waals surface area contributed by atoms with E-state index in [4.69, 9.17) is 0 Å². The maximum absolute atomic E-state index is 16.3. The highest BCUT2D eigenvalue weighted by atomic mass is 31.2. The quantitative estimate of drug-likeness (QED) is 0.150. The summed E-state index contributed by atoms with van der Waals surface area (Å²) < 4.78 is 18.7. The fraction of sp³-hybridized carbons (Fsp3) is 0. The molecule has 1 heterocycles. The molecule has 0 bridgehead atoms. The van der Waals surface area contributed by atoms with Crippen LogP contribution in [0, 0.1) is 0 Å². The molecule has 5 heteroatoms. The Kier molecular flexibility index (Phi) is 9.01. The van der Waals surface area contributed by atoms with Crippen molar-refractivity contribution >= 4 is 90.2 Å². The predicted molar refractivity (Wildman–Crippen MR) is 238 cm³/mol. The van der Waals surface area contributed by atoms with Crippen LogP contribution in [0.4, 0.5) is 0 Å².